The van der Waals surface area contributed by atoms with E-state index in [0.29, 0.717) is 18.9 Å². The van der Waals surface area contributed by atoms with Crippen molar-refractivity contribution in [2.75, 3.05) is 11.4 Å². The monoisotopic (exact) mass is 227 g/mol. The fourth-order valence-electron chi connectivity index (χ4n) is 1.46. The van der Waals surface area contributed by atoms with Gasteiger partial charge < -0.3 is 10.0 Å². The van der Waals surface area contributed by atoms with Crippen LogP contribution in [0.5, 0.6) is 0 Å². The third-order valence-electron chi connectivity index (χ3n) is 2.27. The van der Waals surface area contributed by atoms with E-state index < -0.39 is 5.97 Å². The second-order valence-corrected chi connectivity index (χ2v) is 3.89. The Hall–Kier alpha value is -1.66. The van der Waals surface area contributed by atoms with Gasteiger partial charge in [-0.1, -0.05) is 5.10 Å². The summed E-state index contributed by atoms with van der Waals surface area (Å²) in [5.74, 6) is -0.111. The van der Waals surface area contributed by atoms with Crippen LogP contribution in [0, 0.1) is 0 Å². The highest BCUT2D eigenvalue weighted by atomic mass is 16.4. The molecule has 0 saturated heterocycles. The molecule has 0 bridgehead atoms. The summed E-state index contributed by atoms with van der Waals surface area (Å²) in [6.45, 7) is 4.68. The number of rotatable bonds is 6. The zero-order valence-electron chi connectivity index (χ0n) is 9.79. The van der Waals surface area contributed by atoms with Crippen LogP contribution in [0.25, 0.3) is 0 Å². The molecule has 0 saturated carbocycles. The first kappa shape index (κ1) is 12.4. The first-order valence-corrected chi connectivity index (χ1v) is 5.23. The van der Waals surface area contributed by atoms with Crippen molar-refractivity contribution in [1.82, 2.24) is 20.2 Å². The minimum atomic E-state index is -0.778. The average molecular weight is 227 g/mol. The fourth-order valence-corrected chi connectivity index (χ4v) is 1.46. The Kier molecular flexibility index (Phi) is 4.21. The molecule has 16 heavy (non-hydrogen) atoms. The number of carboxylic acids is 1. The molecule has 0 spiro atoms. The SMILES string of the molecule is CC(C)N(CCCC(=O)O)c1nnnn1C. The van der Waals surface area contributed by atoms with E-state index in [9.17, 15) is 4.79 Å². The Morgan fingerprint density at radius 2 is 2.25 bits per heavy atom. The third kappa shape index (κ3) is 3.18. The van der Waals surface area contributed by atoms with Crippen molar-refractivity contribution in [2.45, 2.75) is 32.7 Å². The summed E-state index contributed by atoms with van der Waals surface area (Å²) in [6.07, 6.45) is 0.745. The van der Waals surface area contributed by atoms with Crippen molar-refractivity contribution in [3.63, 3.8) is 0 Å². The van der Waals surface area contributed by atoms with Gasteiger partial charge in [0.05, 0.1) is 0 Å². The van der Waals surface area contributed by atoms with E-state index in [1.54, 1.807) is 11.7 Å². The van der Waals surface area contributed by atoms with Gasteiger partial charge in [0.15, 0.2) is 0 Å². The van der Waals surface area contributed by atoms with E-state index in [1.807, 2.05) is 18.7 Å². The molecule has 1 rings (SSSR count). The lowest BCUT2D eigenvalue weighted by molar-refractivity contribution is -0.137. The number of carbonyl (C=O) groups is 1. The van der Waals surface area contributed by atoms with Gasteiger partial charge >= 0.3 is 5.97 Å². The summed E-state index contributed by atoms with van der Waals surface area (Å²) in [5.41, 5.74) is 0. The van der Waals surface area contributed by atoms with Crippen LogP contribution in [0.4, 0.5) is 5.95 Å². The van der Waals surface area contributed by atoms with E-state index in [0.717, 1.165) is 0 Å². The quantitative estimate of drug-likeness (QED) is 0.752. The Labute approximate surface area is 94.0 Å². The molecule has 0 fully saturated rings. The van der Waals surface area contributed by atoms with Crippen LogP contribution in [0.3, 0.4) is 0 Å². The molecule has 1 aromatic heterocycles. The van der Waals surface area contributed by atoms with E-state index in [2.05, 4.69) is 15.5 Å². The number of carboxylic acid groups (broad SMARTS) is 1. The number of tetrazole rings is 1. The highest BCUT2D eigenvalue weighted by Gasteiger charge is 2.16. The fraction of sp³-hybridized carbons (Fsp3) is 0.778. The van der Waals surface area contributed by atoms with Crippen molar-refractivity contribution in [2.24, 2.45) is 7.05 Å². The standard InChI is InChI=1S/C9H17N5O2/c1-7(2)14(6-4-5-8(15)16)9-10-11-12-13(9)3/h7H,4-6H2,1-3H3,(H,15,16). The lowest BCUT2D eigenvalue weighted by atomic mass is 10.2. The molecule has 1 N–H and O–H groups in total. The number of nitrogens with zero attached hydrogens (tertiary/aromatic N) is 5. The zero-order valence-corrected chi connectivity index (χ0v) is 9.79. The van der Waals surface area contributed by atoms with Crippen LogP contribution in [-0.2, 0) is 11.8 Å². The van der Waals surface area contributed by atoms with E-state index >= 15 is 0 Å². The Bertz CT molecular complexity index is 349. The van der Waals surface area contributed by atoms with Gasteiger partial charge in [0.2, 0.25) is 5.95 Å². The number of aryl methyl sites for hydroxylation is 1. The molecule has 0 atom stereocenters. The molecule has 0 aliphatic heterocycles. The van der Waals surface area contributed by atoms with Crippen molar-refractivity contribution in [3.05, 3.63) is 0 Å². The van der Waals surface area contributed by atoms with Crippen molar-refractivity contribution in [3.8, 4) is 0 Å². The first-order valence-electron chi connectivity index (χ1n) is 5.23. The highest BCUT2D eigenvalue weighted by molar-refractivity contribution is 5.66. The summed E-state index contributed by atoms with van der Waals surface area (Å²) in [5, 5.41) is 19.8. The first-order chi connectivity index (χ1) is 7.52. The minimum absolute atomic E-state index is 0.161. The van der Waals surface area contributed by atoms with Crippen LogP contribution in [-0.4, -0.2) is 43.9 Å². The molecule has 7 heteroatoms. The van der Waals surface area contributed by atoms with Gasteiger partial charge in [-0.05, 0) is 30.7 Å². The predicted octanol–water partition coefficient (Wildman–Crippen LogP) is 0.290. The van der Waals surface area contributed by atoms with Crippen LogP contribution in [0.2, 0.25) is 0 Å². The molecule has 1 heterocycles. The Balaban J connectivity index is 2.62. The summed E-state index contributed by atoms with van der Waals surface area (Å²) < 4.78 is 1.58. The molecule has 0 aliphatic rings. The average Bonchev–Trinajstić information content (AvgIpc) is 2.58. The highest BCUT2D eigenvalue weighted by Crippen LogP contribution is 2.12. The number of aromatic nitrogens is 4. The smallest absolute Gasteiger partial charge is 0.303 e. The van der Waals surface area contributed by atoms with Gasteiger partial charge in [0.25, 0.3) is 0 Å². The molecule has 1 aromatic rings. The minimum Gasteiger partial charge on any atom is -0.481 e. The normalized spacial score (nSPS) is 10.8. The van der Waals surface area contributed by atoms with Gasteiger partial charge in [-0.25, -0.2) is 4.68 Å². The lowest BCUT2D eigenvalue weighted by Gasteiger charge is -2.26. The largest absolute Gasteiger partial charge is 0.481 e. The molecule has 0 radical (unpaired) electrons. The van der Waals surface area contributed by atoms with Gasteiger partial charge in [-0.2, -0.15) is 0 Å². The number of aliphatic carboxylic acids is 1. The van der Waals surface area contributed by atoms with Gasteiger partial charge in [0.1, 0.15) is 0 Å². The molecule has 0 aromatic carbocycles. The molecule has 0 amide bonds. The predicted molar refractivity (Wildman–Crippen MR) is 58.1 cm³/mol. The van der Waals surface area contributed by atoms with Gasteiger partial charge in [-0.15, -0.1) is 0 Å². The van der Waals surface area contributed by atoms with Gasteiger partial charge in [0, 0.05) is 26.1 Å². The summed E-state index contributed by atoms with van der Waals surface area (Å²) in [4.78, 5) is 12.4. The topological polar surface area (TPSA) is 84.1 Å². The van der Waals surface area contributed by atoms with Crippen molar-refractivity contribution >= 4 is 11.9 Å². The van der Waals surface area contributed by atoms with Crippen molar-refractivity contribution < 1.29 is 9.90 Å². The van der Waals surface area contributed by atoms with E-state index in [4.69, 9.17) is 5.11 Å². The van der Waals surface area contributed by atoms with Crippen molar-refractivity contribution in [1.29, 1.82) is 0 Å². The summed E-state index contributed by atoms with van der Waals surface area (Å²) in [6, 6.07) is 0.235. The zero-order chi connectivity index (χ0) is 12.1. The number of hydrogen-bond donors (Lipinski definition) is 1. The van der Waals surface area contributed by atoms with Gasteiger partial charge in [-0.3, -0.25) is 4.79 Å². The molecule has 0 unspecified atom stereocenters. The van der Waals surface area contributed by atoms with Crippen LogP contribution >= 0.6 is 0 Å². The summed E-state index contributed by atoms with van der Waals surface area (Å²) in [7, 11) is 1.77. The molecule has 90 valence electrons. The maximum absolute atomic E-state index is 10.4. The lowest BCUT2D eigenvalue weighted by Crippen LogP contribution is -2.34. The van der Waals surface area contributed by atoms with Crippen LogP contribution < -0.4 is 4.90 Å². The Morgan fingerprint density at radius 3 is 2.69 bits per heavy atom. The Morgan fingerprint density at radius 1 is 1.56 bits per heavy atom. The van der Waals surface area contributed by atoms with E-state index in [-0.39, 0.29) is 12.5 Å². The second-order valence-electron chi connectivity index (χ2n) is 3.89. The molecule has 0 aliphatic carbocycles. The van der Waals surface area contributed by atoms with Crippen LogP contribution in [0.15, 0.2) is 0 Å². The third-order valence-corrected chi connectivity index (χ3v) is 2.27. The summed E-state index contributed by atoms with van der Waals surface area (Å²) >= 11 is 0. The molecular weight excluding hydrogens is 210 g/mol. The maximum Gasteiger partial charge on any atom is 0.303 e. The maximum atomic E-state index is 10.4. The van der Waals surface area contributed by atoms with E-state index in [1.165, 1.54) is 0 Å². The molecule has 7 nitrogen and oxygen atoms in total. The molecular formula is C9H17N5O2. The van der Waals surface area contributed by atoms with Crippen LogP contribution in [0.1, 0.15) is 26.7 Å². The number of anilines is 1. The second kappa shape index (κ2) is 5.43. The number of hydrogen-bond acceptors (Lipinski definition) is 5.